The summed E-state index contributed by atoms with van der Waals surface area (Å²) in [5.74, 6) is 1.57. The summed E-state index contributed by atoms with van der Waals surface area (Å²) in [6, 6.07) is 8.90. The van der Waals surface area contributed by atoms with Gasteiger partial charge in [-0.2, -0.15) is 0 Å². The maximum absolute atomic E-state index is 10.4. The van der Waals surface area contributed by atoms with Crippen molar-refractivity contribution in [1.82, 2.24) is 5.32 Å². The third kappa shape index (κ3) is 5.95. The lowest BCUT2D eigenvalue weighted by Gasteiger charge is -2.25. The predicted octanol–water partition coefficient (Wildman–Crippen LogP) is 5.36. The van der Waals surface area contributed by atoms with Gasteiger partial charge in [0.2, 0.25) is 0 Å². The van der Waals surface area contributed by atoms with Gasteiger partial charge in [-0.05, 0) is 73.7 Å². The Kier molecular flexibility index (Phi) is 8.62. The summed E-state index contributed by atoms with van der Waals surface area (Å²) in [6.07, 6.45) is 4.70. The van der Waals surface area contributed by atoms with Crippen LogP contribution in [0, 0.1) is 26.7 Å². The van der Waals surface area contributed by atoms with E-state index >= 15 is 0 Å². The molecule has 2 unspecified atom stereocenters. The third-order valence-electron chi connectivity index (χ3n) is 5.49. The van der Waals surface area contributed by atoms with Gasteiger partial charge in [0.25, 0.3) is 0 Å². The van der Waals surface area contributed by atoms with Gasteiger partial charge in [-0.25, -0.2) is 0 Å². The Labute approximate surface area is 173 Å². The number of aliphatic hydroxyl groups is 1. The van der Waals surface area contributed by atoms with Gasteiger partial charge in [0.05, 0.1) is 0 Å². The molecule has 0 radical (unpaired) electrons. The minimum Gasteiger partial charge on any atom is -0.491 e. The molecule has 1 fully saturated rings. The first-order valence-corrected chi connectivity index (χ1v) is 10.6. The zero-order valence-electron chi connectivity index (χ0n) is 16.5. The van der Waals surface area contributed by atoms with E-state index in [1.165, 1.54) is 41.7 Å². The largest absolute Gasteiger partial charge is 0.491 e. The van der Waals surface area contributed by atoms with E-state index < -0.39 is 6.10 Å². The molecule has 0 amide bonds. The molecule has 5 heteroatoms. The molecule has 0 saturated heterocycles. The first-order chi connectivity index (χ1) is 12.5. The van der Waals surface area contributed by atoms with Gasteiger partial charge in [-0.1, -0.05) is 25.0 Å². The molecule has 1 aromatic heterocycles. The van der Waals surface area contributed by atoms with Gasteiger partial charge >= 0.3 is 0 Å². The number of rotatable bonds is 8. The second kappa shape index (κ2) is 10.5. The van der Waals surface area contributed by atoms with E-state index in [0.717, 1.165) is 11.3 Å². The van der Waals surface area contributed by atoms with Crippen molar-refractivity contribution in [3.05, 3.63) is 51.2 Å². The van der Waals surface area contributed by atoms with Crippen molar-refractivity contribution in [2.45, 2.75) is 58.6 Å². The first-order valence-electron chi connectivity index (χ1n) is 9.70. The fourth-order valence-corrected chi connectivity index (χ4v) is 4.81. The molecule has 1 heterocycles. The molecule has 1 aromatic carbocycles. The lowest BCUT2D eigenvalue weighted by atomic mass is 9.96. The highest BCUT2D eigenvalue weighted by Crippen LogP contribution is 2.37. The lowest BCUT2D eigenvalue weighted by Crippen LogP contribution is -2.36. The summed E-state index contributed by atoms with van der Waals surface area (Å²) in [5, 5.41) is 16.2. The van der Waals surface area contributed by atoms with Crippen LogP contribution in [-0.2, 0) is 0 Å². The Balaban J connectivity index is 0.00000261. The molecule has 1 aliphatic rings. The highest BCUT2D eigenvalue weighted by molar-refractivity contribution is 7.10. The van der Waals surface area contributed by atoms with E-state index in [9.17, 15) is 5.11 Å². The number of nitrogens with one attached hydrogen (secondary N) is 1. The quantitative estimate of drug-likeness (QED) is 0.616. The second-order valence-corrected chi connectivity index (χ2v) is 8.59. The summed E-state index contributed by atoms with van der Waals surface area (Å²) in [4.78, 5) is 1.38. The van der Waals surface area contributed by atoms with Crippen molar-refractivity contribution in [2.75, 3.05) is 13.2 Å². The molecule has 1 saturated carbocycles. The van der Waals surface area contributed by atoms with E-state index in [1.54, 1.807) is 0 Å². The van der Waals surface area contributed by atoms with Gasteiger partial charge in [-0.3, -0.25) is 0 Å². The van der Waals surface area contributed by atoms with E-state index in [2.05, 4.69) is 55.7 Å². The van der Waals surface area contributed by atoms with Crippen LogP contribution in [0.4, 0.5) is 0 Å². The number of benzene rings is 1. The summed E-state index contributed by atoms with van der Waals surface area (Å²) >= 11 is 1.81. The van der Waals surface area contributed by atoms with Gasteiger partial charge in [0.15, 0.2) is 0 Å². The van der Waals surface area contributed by atoms with Crippen LogP contribution in [-0.4, -0.2) is 24.4 Å². The average Bonchev–Trinajstić information content (AvgIpc) is 3.31. The van der Waals surface area contributed by atoms with Crippen LogP contribution in [0.3, 0.4) is 0 Å². The van der Waals surface area contributed by atoms with Gasteiger partial charge in [0.1, 0.15) is 18.5 Å². The summed E-state index contributed by atoms with van der Waals surface area (Å²) in [6.45, 7) is 7.12. The minimum absolute atomic E-state index is 0. The molecule has 150 valence electrons. The molecular formula is C22H32ClNO2S. The average molecular weight is 410 g/mol. The molecule has 27 heavy (non-hydrogen) atoms. The topological polar surface area (TPSA) is 41.5 Å². The Morgan fingerprint density at radius 1 is 1.22 bits per heavy atom. The van der Waals surface area contributed by atoms with Crippen LogP contribution >= 0.6 is 23.7 Å². The Morgan fingerprint density at radius 2 is 1.96 bits per heavy atom. The maximum Gasteiger partial charge on any atom is 0.122 e. The number of hydrogen-bond acceptors (Lipinski definition) is 4. The van der Waals surface area contributed by atoms with Crippen LogP contribution < -0.4 is 10.1 Å². The number of halogens is 1. The van der Waals surface area contributed by atoms with Crippen molar-refractivity contribution in [3.8, 4) is 5.75 Å². The van der Waals surface area contributed by atoms with Crippen molar-refractivity contribution in [3.63, 3.8) is 0 Å². The Hall–Kier alpha value is -1.07. The minimum atomic E-state index is -0.515. The van der Waals surface area contributed by atoms with E-state index in [-0.39, 0.29) is 12.4 Å². The molecule has 0 aliphatic heterocycles. The zero-order chi connectivity index (χ0) is 18.5. The zero-order valence-corrected chi connectivity index (χ0v) is 18.2. The third-order valence-corrected chi connectivity index (χ3v) is 6.45. The monoisotopic (exact) mass is 409 g/mol. The Bertz CT molecular complexity index is 699. The number of ether oxygens (including phenoxy) is 1. The smallest absolute Gasteiger partial charge is 0.122 e. The molecule has 3 nitrogen and oxygen atoms in total. The molecule has 1 aliphatic carbocycles. The normalized spacial score (nSPS) is 16.7. The molecule has 0 spiro atoms. The van der Waals surface area contributed by atoms with Crippen LogP contribution in [0.25, 0.3) is 0 Å². The molecular weight excluding hydrogens is 378 g/mol. The van der Waals surface area contributed by atoms with Crippen LogP contribution in [0.1, 0.15) is 53.3 Å². The highest BCUT2D eigenvalue weighted by atomic mass is 35.5. The lowest BCUT2D eigenvalue weighted by molar-refractivity contribution is 0.100. The fourth-order valence-electron chi connectivity index (χ4n) is 3.92. The van der Waals surface area contributed by atoms with Gasteiger partial charge in [-0.15, -0.1) is 23.7 Å². The summed E-state index contributed by atoms with van der Waals surface area (Å²) in [7, 11) is 0. The second-order valence-electron chi connectivity index (χ2n) is 7.62. The van der Waals surface area contributed by atoms with Crippen LogP contribution in [0.15, 0.2) is 29.6 Å². The van der Waals surface area contributed by atoms with Crippen LogP contribution in [0.5, 0.6) is 5.75 Å². The number of aryl methyl sites for hydroxylation is 2. The molecule has 3 rings (SSSR count). The number of hydrogen-bond donors (Lipinski definition) is 2. The SMILES string of the molecule is Cc1cc(C)c(C)c(OCC(O)CNC(c2cccs2)C2CCCC2)c1.Cl. The predicted molar refractivity (Wildman–Crippen MR) is 116 cm³/mol. The van der Waals surface area contributed by atoms with Crippen molar-refractivity contribution < 1.29 is 9.84 Å². The van der Waals surface area contributed by atoms with E-state index in [0.29, 0.717) is 25.1 Å². The molecule has 0 bridgehead atoms. The standard InChI is InChI=1S/C22H31NO2S.ClH/c1-15-11-16(2)17(3)20(12-15)25-14-19(24)13-23-22(18-7-4-5-8-18)21-9-6-10-26-21;/h6,9-12,18-19,22-24H,4-5,7-8,13-14H2,1-3H3;1H. The van der Waals surface area contributed by atoms with Crippen molar-refractivity contribution in [2.24, 2.45) is 5.92 Å². The summed E-state index contributed by atoms with van der Waals surface area (Å²) in [5.41, 5.74) is 3.57. The van der Waals surface area contributed by atoms with Gasteiger partial charge in [0, 0.05) is 17.5 Å². The van der Waals surface area contributed by atoms with E-state index in [4.69, 9.17) is 4.74 Å². The Morgan fingerprint density at radius 3 is 2.63 bits per heavy atom. The highest BCUT2D eigenvalue weighted by Gasteiger charge is 2.27. The fraction of sp³-hybridized carbons (Fsp3) is 0.545. The first kappa shape index (κ1) is 22.2. The van der Waals surface area contributed by atoms with Gasteiger partial charge < -0.3 is 15.2 Å². The van der Waals surface area contributed by atoms with Crippen molar-refractivity contribution >= 4 is 23.7 Å². The molecule has 2 atom stereocenters. The van der Waals surface area contributed by atoms with E-state index in [1.807, 2.05) is 11.3 Å². The summed E-state index contributed by atoms with van der Waals surface area (Å²) < 4.78 is 5.92. The molecule has 2 N–H and O–H groups in total. The number of thiophene rings is 1. The van der Waals surface area contributed by atoms with Crippen LogP contribution in [0.2, 0.25) is 0 Å². The maximum atomic E-state index is 10.4. The molecule has 2 aromatic rings. The number of aliphatic hydroxyl groups excluding tert-OH is 1. The van der Waals surface area contributed by atoms with Crippen molar-refractivity contribution in [1.29, 1.82) is 0 Å².